The number of aromatic nitrogens is 5. The molecule has 4 aliphatic rings. The number of nitrogens with one attached hydrogen (secondary N) is 2. The number of carbonyl (C=O) groups is 3. The van der Waals surface area contributed by atoms with Crippen molar-refractivity contribution in [3.8, 4) is 0 Å². The van der Waals surface area contributed by atoms with E-state index < -0.39 is 24.3 Å². The summed E-state index contributed by atoms with van der Waals surface area (Å²) >= 11 is 0. The van der Waals surface area contributed by atoms with E-state index in [1.54, 1.807) is 40.4 Å². The molecule has 2 aromatic carbocycles. The average Bonchev–Trinajstić information content (AvgIpc) is 3.74. The second-order valence-corrected chi connectivity index (χ2v) is 17.3. The van der Waals surface area contributed by atoms with Crippen LogP contribution in [0.5, 0.6) is 0 Å². The summed E-state index contributed by atoms with van der Waals surface area (Å²) in [7, 11) is 1.77. The molecule has 4 fully saturated rings. The maximum atomic E-state index is 14.1. The van der Waals surface area contributed by atoms with Crippen molar-refractivity contribution in [2.75, 3.05) is 25.0 Å². The standard InChI is InChI=1S/C44H50F2N8O4/c1-51-39-29(5-4-7-36(39)54(43(51)58)37-14-15-38(55)49-42(37)57)11-8-28-23-44(24-28)16-19-52(20-17-44)25-27-9-12-31(13-10-27)53-26-30-21-35(32(40(45)46)22-34(30)50-53)48-41(56)33-6-2-3-18-47-33/h2-7,18,21-22,26-28,31,37,40H,8-17,19-20,23-25H2,1H3,(H,48,56)(H,49,55,57). The number of halogens is 2. The highest BCUT2D eigenvalue weighted by Gasteiger charge is 2.45. The number of carbonyl (C=O) groups excluding carboxylic acids is 3. The lowest BCUT2D eigenvalue weighted by Gasteiger charge is -2.53. The summed E-state index contributed by atoms with van der Waals surface area (Å²) < 4.78 is 33.3. The first-order valence-electron chi connectivity index (χ1n) is 20.8. The molecular formula is C44H50F2N8O4. The van der Waals surface area contributed by atoms with Gasteiger partial charge in [-0.05, 0) is 137 Å². The van der Waals surface area contributed by atoms with Crippen LogP contribution in [0, 0.1) is 17.3 Å². The fourth-order valence-corrected chi connectivity index (χ4v) is 10.5. The summed E-state index contributed by atoms with van der Waals surface area (Å²) in [5.74, 6) is 0.0660. The van der Waals surface area contributed by atoms with Crippen LogP contribution < -0.4 is 16.3 Å². The molecule has 0 radical (unpaired) electrons. The maximum absolute atomic E-state index is 14.1. The number of aryl methyl sites for hydroxylation is 2. The van der Waals surface area contributed by atoms with E-state index in [0.717, 1.165) is 80.1 Å². The Morgan fingerprint density at radius 2 is 1.78 bits per heavy atom. The van der Waals surface area contributed by atoms with Crippen LogP contribution in [-0.4, -0.2) is 66.2 Å². The molecule has 9 rings (SSSR count). The molecule has 5 heterocycles. The van der Waals surface area contributed by atoms with E-state index in [1.807, 2.05) is 23.0 Å². The van der Waals surface area contributed by atoms with E-state index >= 15 is 0 Å². The average molecular weight is 793 g/mol. The molecule has 1 atom stereocenters. The van der Waals surface area contributed by atoms with Gasteiger partial charge in [-0.25, -0.2) is 13.6 Å². The highest BCUT2D eigenvalue weighted by Crippen LogP contribution is 2.54. The number of anilines is 1. The number of fused-ring (bicyclic) bond motifs is 2. The van der Waals surface area contributed by atoms with Gasteiger partial charge in [0, 0.05) is 43.4 Å². The van der Waals surface area contributed by atoms with Gasteiger partial charge in [0.1, 0.15) is 11.7 Å². The lowest BCUT2D eigenvalue weighted by atomic mass is 9.56. The Kier molecular flexibility index (Phi) is 10.2. The smallest absolute Gasteiger partial charge is 0.320 e. The lowest BCUT2D eigenvalue weighted by molar-refractivity contribution is -0.135. The fraction of sp³-hybridized carbons (Fsp3) is 0.500. The molecule has 5 aromatic rings. The number of alkyl halides is 2. The summed E-state index contributed by atoms with van der Waals surface area (Å²) in [5, 5.41) is 10.5. The van der Waals surface area contributed by atoms with Crippen LogP contribution in [0.25, 0.3) is 21.9 Å². The van der Waals surface area contributed by atoms with Crippen LogP contribution in [0.3, 0.4) is 0 Å². The van der Waals surface area contributed by atoms with E-state index in [2.05, 4.69) is 26.6 Å². The minimum atomic E-state index is -2.76. The van der Waals surface area contributed by atoms with Crippen LogP contribution >= 0.6 is 0 Å². The van der Waals surface area contributed by atoms with Crippen LogP contribution in [-0.2, 0) is 23.1 Å². The van der Waals surface area contributed by atoms with Crippen LogP contribution in [0.2, 0.25) is 0 Å². The topological polar surface area (TPSA) is 136 Å². The molecule has 1 unspecified atom stereocenters. The van der Waals surface area contributed by atoms with Crippen molar-refractivity contribution < 1.29 is 23.2 Å². The van der Waals surface area contributed by atoms with Gasteiger partial charge in [-0.3, -0.25) is 38.5 Å². The van der Waals surface area contributed by atoms with Gasteiger partial charge in [0.05, 0.1) is 28.3 Å². The van der Waals surface area contributed by atoms with Crippen LogP contribution in [0.1, 0.15) is 111 Å². The predicted molar refractivity (Wildman–Crippen MR) is 216 cm³/mol. The van der Waals surface area contributed by atoms with E-state index in [0.29, 0.717) is 29.2 Å². The number of para-hydroxylation sites is 1. The van der Waals surface area contributed by atoms with Gasteiger partial charge < -0.3 is 10.2 Å². The van der Waals surface area contributed by atoms with Gasteiger partial charge in [-0.1, -0.05) is 18.2 Å². The molecule has 14 heteroatoms. The zero-order valence-corrected chi connectivity index (χ0v) is 32.8. The molecule has 3 amide bonds. The number of benzene rings is 2. The normalized spacial score (nSPS) is 22.8. The molecule has 2 N–H and O–H groups in total. The van der Waals surface area contributed by atoms with Gasteiger partial charge in [-0.15, -0.1) is 0 Å². The van der Waals surface area contributed by atoms with Crippen molar-refractivity contribution in [2.24, 2.45) is 24.3 Å². The third-order valence-electron chi connectivity index (χ3n) is 13.7. The minimum absolute atomic E-state index is 0.0746. The second kappa shape index (κ2) is 15.5. The lowest BCUT2D eigenvalue weighted by Crippen LogP contribution is -2.48. The number of amides is 3. The summed E-state index contributed by atoms with van der Waals surface area (Å²) in [5.41, 5.74) is 3.47. The van der Waals surface area contributed by atoms with E-state index in [-0.39, 0.29) is 41.0 Å². The Morgan fingerprint density at radius 1 is 0.983 bits per heavy atom. The molecule has 58 heavy (non-hydrogen) atoms. The highest BCUT2D eigenvalue weighted by molar-refractivity contribution is 6.04. The number of likely N-dealkylation sites (tertiary alicyclic amines) is 1. The van der Waals surface area contributed by atoms with Crippen molar-refractivity contribution in [3.63, 3.8) is 0 Å². The highest BCUT2D eigenvalue weighted by atomic mass is 19.3. The first-order chi connectivity index (χ1) is 28.0. The zero-order valence-electron chi connectivity index (χ0n) is 32.8. The number of pyridine rings is 1. The summed E-state index contributed by atoms with van der Waals surface area (Å²) in [6, 6.07) is 13.4. The molecule has 2 aliphatic heterocycles. The van der Waals surface area contributed by atoms with Crippen LogP contribution in [0.4, 0.5) is 14.5 Å². The molecule has 12 nitrogen and oxygen atoms in total. The summed E-state index contributed by atoms with van der Waals surface area (Å²) in [6.07, 6.45) is 12.4. The fourth-order valence-electron chi connectivity index (χ4n) is 10.5. The number of imidazole rings is 1. The number of piperidine rings is 2. The van der Waals surface area contributed by atoms with E-state index in [1.165, 1.54) is 37.9 Å². The monoisotopic (exact) mass is 792 g/mol. The first-order valence-corrected chi connectivity index (χ1v) is 20.8. The second-order valence-electron chi connectivity index (χ2n) is 17.3. The van der Waals surface area contributed by atoms with Crippen molar-refractivity contribution in [2.45, 2.75) is 95.6 Å². The molecule has 2 saturated heterocycles. The maximum Gasteiger partial charge on any atom is 0.329 e. The molecule has 2 aliphatic carbocycles. The largest absolute Gasteiger partial charge is 0.329 e. The third kappa shape index (κ3) is 7.35. The van der Waals surface area contributed by atoms with Crippen molar-refractivity contribution in [3.05, 3.63) is 88.2 Å². The molecule has 3 aromatic heterocycles. The Hall–Kier alpha value is -5.24. The van der Waals surface area contributed by atoms with Gasteiger partial charge in [0.15, 0.2) is 0 Å². The van der Waals surface area contributed by atoms with E-state index in [4.69, 9.17) is 5.10 Å². The van der Waals surface area contributed by atoms with Gasteiger partial charge >= 0.3 is 5.69 Å². The molecule has 2 saturated carbocycles. The number of imide groups is 1. The number of hydrogen-bond acceptors (Lipinski definition) is 7. The van der Waals surface area contributed by atoms with Crippen molar-refractivity contribution >= 4 is 45.3 Å². The number of rotatable bonds is 10. The molecule has 1 spiro atoms. The SMILES string of the molecule is Cn1c(=O)n(C2CCC(=O)NC2=O)c2cccc(CCC3CC4(CCN(CC5CCC(n6cc7cc(NC(=O)c8ccccn8)c(C(F)F)cc7n6)CC5)CC4)C3)c21. The Labute approximate surface area is 335 Å². The van der Waals surface area contributed by atoms with E-state index in [9.17, 15) is 28.0 Å². The number of nitrogens with zero attached hydrogens (tertiary/aromatic N) is 6. The predicted octanol–water partition coefficient (Wildman–Crippen LogP) is 7.11. The van der Waals surface area contributed by atoms with Crippen molar-refractivity contribution in [1.82, 2.24) is 34.1 Å². The minimum Gasteiger partial charge on any atom is -0.320 e. The van der Waals surface area contributed by atoms with Gasteiger partial charge in [0.2, 0.25) is 11.8 Å². The first kappa shape index (κ1) is 38.3. The third-order valence-corrected chi connectivity index (χ3v) is 13.7. The quantitative estimate of drug-likeness (QED) is 0.144. The Balaban J connectivity index is 0.748. The molecule has 304 valence electrons. The Bertz CT molecular complexity index is 2420. The van der Waals surface area contributed by atoms with Crippen molar-refractivity contribution in [1.29, 1.82) is 0 Å². The summed E-state index contributed by atoms with van der Waals surface area (Å²) in [4.78, 5) is 57.2. The van der Waals surface area contributed by atoms with Gasteiger partial charge in [0.25, 0.3) is 12.3 Å². The summed E-state index contributed by atoms with van der Waals surface area (Å²) in [6.45, 7) is 3.39. The molecular weight excluding hydrogens is 743 g/mol. The Morgan fingerprint density at radius 3 is 2.50 bits per heavy atom. The zero-order chi connectivity index (χ0) is 40.1. The molecule has 0 bridgehead atoms. The van der Waals surface area contributed by atoms with Gasteiger partial charge in [-0.2, -0.15) is 5.10 Å². The van der Waals surface area contributed by atoms with Crippen LogP contribution in [0.15, 0.2) is 65.7 Å². The number of hydrogen-bond donors (Lipinski definition) is 2.